The lowest BCUT2D eigenvalue weighted by Gasteiger charge is -2.16. The van der Waals surface area contributed by atoms with E-state index in [2.05, 4.69) is 0 Å². The zero-order chi connectivity index (χ0) is 12.5. The van der Waals surface area contributed by atoms with Crippen LogP contribution < -0.4 is 0 Å². The summed E-state index contributed by atoms with van der Waals surface area (Å²) in [5, 5.41) is 0. The van der Waals surface area contributed by atoms with Crippen molar-refractivity contribution in [3.05, 3.63) is 35.6 Å². The minimum atomic E-state index is -3.02. The highest BCUT2D eigenvalue weighted by molar-refractivity contribution is 7.91. The molecule has 1 saturated heterocycles. The normalized spacial score (nSPS) is 24.4. The first-order chi connectivity index (χ1) is 8.02. The Bertz CT molecular complexity index is 524. The maximum Gasteiger partial charge on any atom is 0.150 e. The van der Waals surface area contributed by atoms with Crippen LogP contribution in [0.1, 0.15) is 17.9 Å². The van der Waals surface area contributed by atoms with E-state index < -0.39 is 21.6 Å². The molecule has 0 saturated carbocycles. The number of rotatable bonds is 3. The fourth-order valence-electron chi connectivity index (χ4n) is 2.28. The SMILES string of the molecule is O=CC(c1cccc(F)c1)C1CCS(=O)(=O)C1. The van der Waals surface area contributed by atoms with Crippen molar-refractivity contribution in [2.75, 3.05) is 11.5 Å². The molecule has 1 aromatic carbocycles. The number of aldehydes is 1. The van der Waals surface area contributed by atoms with E-state index in [1.54, 1.807) is 6.07 Å². The molecule has 92 valence electrons. The van der Waals surface area contributed by atoms with Crippen LogP contribution in [0.4, 0.5) is 4.39 Å². The van der Waals surface area contributed by atoms with Crippen molar-refractivity contribution in [1.29, 1.82) is 0 Å². The Morgan fingerprint density at radius 2 is 2.18 bits per heavy atom. The van der Waals surface area contributed by atoms with Gasteiger partial charge in [0.25, 0.3) is 0 Å². The van der Waals surface area contributed by atoms with Crippen LogP contribution in [0.5, 0.6) is 0 Å². The molecular weight excluding hydrogens is 243 g/mol. The third-order valence-corrected chi connectivity index (χ3v) is 4.95. The molecule has 1 fully saturated rings. The van der Waals surface area contributed by atoms with Crippen molar-refractivity contribution in [3.8, 4) is 0 Å². The van der Waals surface area contributed by atoms with E-state index in [9.17, 15) is 17.6 Å². The van der Waals surface area contributed by atoms with Crippen molar-refractivity contribution in [2.24, 2.45) is 5.92 Å². The van der Waals surface area contributed by atoms with Gasteiger partial charge in [-0.2, -0.15) is 0 Å². The Morgan fingerprint density at radius 3 is 2.71 bits per heavy atom. The molecule has 0 N–H and O–H groups in total. The van der Waals surface area contributed by atoms with Crippen LogP contribution in [0.25, 0.3) is 0 Å². The molecule has 3 nitrogen and oxygen atoms in total. The monoisotopic (exact) mass is 256 g/mol. The molecule has 0 bridgehead atoms. The van der Waals surface area contributed by atoms with Gasteiger partial charge in [-0.15, -0.1) is 0 Å². The quantitative estimate of drug-likeness (QED) is 0.771. The molecule has 5 heteroatoms. The summed E-state index contributed by atoms with van der Waals surface area (Å²) in [6.07, 6.45) is 1.20. The summed E-state index contributed by atoms with van der Waals surface area (Å²) in [5.74, 6) is -1.01. The summed E-state index contributed by atoms with van der Waals surface area (Å²) in [7, 11) is -3.02. The Morgan fingerprint density at radius 1 is 1.41 bits per heavy atom. The highest BCUT2D eigenvalue weighted by Gasteiger charge is 2.34. The van der Waals surface area contributed by atoms with Crippen molar-refractivity contribution in [1.82, 2.24) is 0 Å². The van der Waals surface area contributed by atoms with Crippen LogP contribution in [-0.4, -0.2) is 26.2 Å². The third-order valence-electron chi connectivity index (χ3n) is 3.16. The zero-order valence-electron chi connectivity index (χ0n) is 9.17. The van der Waals surface area contributed by atoms with E-state index in [-0.39, 0.29) is 17.4 Å². The largest absolute Gasteiger partial charge is 0.303 e. The molecule has 1 aliphatic heterocycles. The van der Waals surface area contributed by atoms with Gasteiger partial charge in [-0.3, -0.25) is 0 Å². The summed E-state index contributed by atoms with van der Waals surface area (Å²) in [5.41, 5.74) is 0.558. The van der Waals surface area contributed by atoms with Crippen molar-refractivity contribution in [3.63, 3.8) is 0 Å². The Hall–Kier alpha value is -1.23. The molecule has 2 atom stereocenters. The van der Waals surface area contributed by atoms with E-state index in [1.807, 2.05) is 0 Å². The summed E-state index contributed by atoms with van der Waals surface area (Å²) in [4.78, 5) is 11.1. The van der Waals surface area contributed by atoms with Gasteiger partial charge in [0, 0.05) is 5.92 Å². The van der Waals surface area contributed by atoms with E-state index in [0.29, 0.717) is 12.0 Å². The number of carbonyl (C=O) groups is 1. The van der Waals surface area contributed by atoms with Crippen molar-refractivity contribution >= 4 is 16.1 Å². The first-order valence-corrected chi connectivity index (χ1v) is 7.25. The molecule has 0 spiro atoms. The maximum atomic E-state index is 13.1. The smallest absolute Gasteiger partial charge is 0.150 e. The van der Waals surface area contributed by atoms with Gasteiger partial charge < -0.3 is 4.79 Å². The minimum absolute atomic E-state index is 0.0208. The lowest BCUT2D eigenvalue weighted by atomic mass is 9.87. The highest BCUT2D eigenvalue weighted by atomic mass is 32.2. The number of hydrogen-bond donors (Lipinski definition) is 0. The molecule has 1 aromatic rings. The highest BCUT2D eigenvalue weighted by Crippen LogP contribution is 2.32. The molecule has 2 unspecified atom stereocenters. The molecule has 0 amide bonds. The zero-order valence-corrected chi connectivity index (χ0v) is 9.99. The maximum absolute atomic E-state index is 13.1. The average Bonchev–Trinajstić information content (AvgIpc) is 2.60. The van der Waals surface area contributed by atoms with Gasteiger partial charge in [-0.1, -0.05) is 12.1 Å². The molecular formula is C12H13FO3S. The second-order valence-corrected chi connectivity index (χ2v) is 6.61. The number of halogens is 1. The van der Waals surface area contributed by atoms with Gasteiger partial charge in [0.2, 0.25) is 0 Å². The van der Waals surface area contributed by atoms with Crippen LogP contribution >= 0.6 is 0 Å². The number of carbonyl (C=O) groups excluding carboxylic acids is 1. The molecule has 1 heterocycles. The summed E-state index contributed by atoms with van der Waals surface area (Å²) >= 11 is 0. The standard InChI is InChI=1S/C12H13FO3S/c13-11-3-1-2-9(6-11)12(7-14)10-4-5-17(15,16)8-10/h1-3,6-7,10,12H,4-5,8H2. The van der Waals surface area contributed by atoms with E-state index in [0.717, 1.165) is 6.29 Å². The fourth-order valence-corrected chi connectivity index (χ4v) is 4.14. The molecule has 0 radical (unpaired) electrons. The van der Waals surface area contributed by atoms with Gasteiger partial charge in [0.05, 0.1) is 11.5 Å². The molecule has 17 heavy (non-hydrogen) atoms. The first-order valence-electron chi connectivity index (χ1n) is 5.43. The van der Waals surface area contributed by atoms with E-state index >= 15 is 0 Å². The molecule has 0 aromatic heterocycles. The van der Waals surface area contributed by atoms with Crippen LogP contribution in [0.3, 0.4) is 0 Å². The van der Waals surface area contributed by atoms with E-state index in [4.69, 9.17) is 0 Å². The van der Waals surface area contributed by atoms with Gasteiger partial charge >= 0.3 is 0 Å². The van der Waals surface area contributed by atoms with Crippen molar-refractivity contribution < 1.29 is 17.6 Å². The van der Waals surface area contributed by atoms with Crippen LogP contribution in [-0.2, 0) is 14.6 Å². The topological polar surface area (TPSA) is 51.2 Å². The molecule has 0 aliphatic carbocycles. The molecule has 1 aliphatic rings. The Labute approximate surface area is 99.6 Å². The second kappa shape index (κ2) is 4.56. The second-order valence-electron chi connectivity index (χ2n) is 4.38. The molecule has 2 rings (SSSR count). The van der Waals surface area contributed by atoms with Gasteiger partial charge in [-0.05, 0) is 30.0 Å². The van der Waals surface area contributed by atoms with Gasteiger partial charge in [-0.25, -0.2) is 12.8 Å². The lowest BCUT2D eigenvalue weighted by molar-refractivity contribution is -0.109. The number of hydrogen-bond acceptors (Lipinski definition) is 3. The first kappa shape index (κ1) is 12.2. The predicted molar refractivity (Wildman–Crippen MR) is 62.0 cm³/mol. The van der Waals surface area contributed by atoms with Gasteiger partial charge in [0.1, 0.15) is 12.1 Å². The summed E-state index contributed by atoms with van der Waals surface area (Å²) in [6, 6.07) is 5.79. The van der Waals surface area contributed by atoms with Gasteiger partial charge in [0.15, 0.2) is 9.84 Å². The van der Waals surface area contributed by atoms with Crippen molar-refractivity contribution in [2.45, 2.75) is 12.3 Å². The number of benzene rings is 1. The lowest BCUT2D eigenvalue weighted by Crippen LogP contribution is -2.16. The summed E-state index contributed by atoms with van der Waals surface area (Å²) in [6.45, 7) is 0. The van der Waals surface area contributed by atoms with E-state index in [1.165, 1.54) is 18.2 Å². The number of sulfone groups is 1. The Balaban J connectivity index is 2.26. The fraction of sp³-hybridized carbons (Fsp3) is 0.417. The predicted octanol–water partition coefficient (Wildman–Crippen LogP) is 1.54. The van der Waals surface area contributed by atoms with Crippen LogP contribution in [0, 0.1) is 11.7 Å². The third kappa shape index (κ3) is 2.72. The average molecular weight is 256 g/mol. The van der Waals surface area contributed by atoms with Crippen LogP contribution in [0.2, 0.25) is 0 Å². The van der Waals surface area contributed by atoms with Crippen LogP contribution in [0.15, 0.2) is 24.3 Å². The minimum Gasteiger partial charge on any atom is -0.303 e. The summed E-state index contributed by atoms with van der Waals surface area (Å²) < 4.78 is 35.8. The Kier molecular flexibility index (Phi) is 3.28.